The van der Waals surface area contributed by atoms with Crippen LogP contribution in [0.15, 0.2) is 47.5 Å². The van der Waals surface area contributed by atoms with Crippen LogP contribution in [0.4, 0.5) is 5.82 Å². The maximum absolute atomic E-state index is 12.5. The molecule has 1 unspecified atom stereocenters. The van der Waals surface area contributed by atoms with Crippen LogP contribution < -0.4 is 10.0 Å². The van der Waals surface area contributed by atoms with Gasteiger partial charge in [0.25, 0.3) is 5.91 Å². The Morgan fingerprint density at radius 1 is 1.17 bits per heavy atom. The van der Waals surface area contributed by atoms with Crippen LogP contribution in [-0.4, -0.2) is 37.9 Å². The van der Waals surface area contributed by atoms with Crippen LogP contribution in [0.2, 0.25) is 10.0 Å². The predicted octanol–water partition coefficient (Wildman–Crippen LogP) is 2.87. The Morgan fingerprint density at radius 2 is 1.83 bits per heavy atom. The fraction of sp³-hybridized carbons (Fsp3) is 0.278. The van der Waals surface area contributed by atoms with E-state index in [1.165, 1.54) is 24.4 Å². The zero-order chi connectivity index (χ0) is 21.6. The number of pyridine rings is 1. The molecule has 1 aromatic carbocycles. The minimum absolute atomic E-state index is 0.0136. The second kappa shape index (κ2) is 10.0. The van der Waals surface area contributed by atoms with Crippen molar-refractivity contribution in [2.75, 3.05) is 11.9 Å². The van der Waals surface area contributed by atoms with Crippen molar-refractivity contribution in [3.63, 3.8) is 0 Å². The Balaban J connectivity index is 1.99. The molecule has 1 heterocycles. The highest BCUT2D eigenvalue weighted by Gasteiger charge is 2.30. The molecule has 0 aliphatic rings. The van der Waals surface area contributed by atoms with Gasteiger partial charge in [-0.15, -0.1) is 0 Å². The first-order valence-electron chi connectivity index (χ1n) is 8.45. The number of carbonyl (C=O) groups is 2. The number of sulfonamides is 1. The van der Waals surface area contributed by atoms with Crippen LogP contribution in [0.1, 0.15) is 13.8 Å². The Labute approximate surface area is 178 Å². The summed E-state index contributed by atoms with van der Waals surface area (Å²) in [6.07, 6.45) is 1.29. The molecular weight excluding hydrogens is 441 g/mol. The van der Waals surface area contributed by atoms with Crippen molar-refractivity contribution in [3.8, 4) is 0 Å². The predicted molar refractivity (Wildman–Crippen MR) is 109 cm³/mol. The molecule has 1 amide bonds. The molecule has 8 nitrogen and oxygen atoms in total. The third-order valence-corrected chi connectivity index (χ3v) is 5.62. The number of hydrogen-bond donors (Lipinski definition) is 2. The van der Waals surface area contributed by atoms with Crippen molar-refractivity contribution in [1.82, 2.24) is 9.71 Å². The third kappa shape index (κ3) is 6.67. The summed E-state index contributed by atoms with van der Waals surface area (Å²) in [5, 5.41) is 2.79. The van der Waals surface area contributed by atoms with Gasteiger partial charge in [-0.1, -0.05) is 55.2 Å². The molecular formula is C18H19Cl2N3O5S. The summed E-state index contributed by atoms with van der Waals surface area (Å²) < 4.78 is 32.2. The molecule has 0 spiro atoms. The zero-order valence-electron chi connectivity index (χ0n) is 15.6. The molecule has 0 aliphatic heterocycles. The average molecular weight is 460 g/mol. The fourth-order valence-electron chi connectivity index (χ4n) is 2.19. The molecule has 0 radical (unpaired) electrons. The van der Waals surface area contributed by atoms with E-state index in [0.29, 0.717) is 5.02 Å². The van der Waals surface area contributed by atoms with E-state index in [1.807, 2.05) is 0 Å². The molecule has 29 heavy (non-hydrogen) atoms. The van der Waals surface area contributed by atoms with Crippen molar-refractivity contribution in [2.45, 2.75) is 24.8 Å². The maximum atomic E-state index is 12.5. The van der Waals surface area contributed by atoms with Crippen molar-refractivity contribution in [1.29, 1.82) is 0 Å². The second-order valence-electron chi connectivity index (χ2n) is 6.30. The maximum Gasteiger partial charge on any atom is 0.324 e. The lowest BCUT2D eigenvalue weighted by atomic mass is 10.1. The number of esters is 1. The molecule has 0 saturated carbocycles. The number of aromatic nitrogens is 1. The number of nitrogens with zero attached hydrogens (tertiary/aromatic N) is 1. The van der Waals surface area contributed by atoms with Gasteiger partial charge in [0.2, 0.25) is 10.0 Å². The Hall–Kier alpha value is -2.20. The molecule has 0 saturated heterocycles. The average Bonchev–Trinajstić information content (AvgIpc) is 2.67. The van der Waals surface area contributed by atoms with E-state index < -0.39 is 40.5 Å². The van der Waals surface area contributed by atoms with Gasteiger partial charge in [-0.2, -0.15) is 4.72 Å². The number of benzene rings is 1. The fourth-order valence-corrected chi connectivity index (χ4v) is 3.97. The van der Waals surface area contributed by atoms with Gasteiger partial charge in [0.15, 0.2) is 12.4 Å². The SMILES string of the molecule is CC(C)C(NS(=O)(=O)c1ccccc1)C(=O)OCC(=O)Nc1ncc(Cl)cc1Cl. The van der Waals surface area contributed by atoms with Gasteiger partial charge in [0.1, 0.15) is 6.04 Å². The van der Waals surface area contributed by atoms with E-state index in [1.54, 1.807) is 32.0 Å². The number of amides is 1. The van der Waals surface area contributed by atoms with Crippen LogP contribution >= 0.6 is 23.2 Å². The number of halogens is 2. The summed E-state index contributed by atoms with van der Waals surface area (Å²) in [6.45, 7) is 2.66. The number of carbonyl (C=O) groups excluding carboxylic acids is 2. The summed E-state index contributed by atoms with van der Waals surface area (Å²) in [6, 6.07) is 7.83. The minimum Gasteiger partial charge on any atom is -0.454 e. The number of anilines is 1. The summed E-state index contributed by atoms with van der Waals surface area (Å²) in [5.74, 6) is -1.94. The molecule has 2 N–H and O–H groups in total. The Bertz CT molecular complexity index is 984. The van der Waals surface area contributed by atoms with E-state index in [9.17, 15) is 18.0 Å². The lowest BCUT2D eigenvalue weighted by molar-refractivity contribution is -0.150. The second-order valence-corrected chi connectivity index (χ2v) is 8.85. The van der Waals surface area contributed by atoms with E-state index in [-0.39, 0.29) is 15.7 Å². The summed E-state index contributed by atoms with van der Waals surface area (Å²) in [5.41, 5.74) is 0. The van der Waals surface area contributed by atoms with E-state index in [2.05, 4.69) is 15.0 Å². The topological polar surface area (TPSA) is 114 Å². The molecule has 0 fully saturated rings. The van der Waals surface area contributed by atoms with Crippen LogP contribution in [0.3, 0.4) is 0 Å². The third-order valence-electron chi connectivity index (χ3n) is 3.67. The van der Waals surface area contributed by atoms with Crippen molar-refractivity contribution in [3.05, 3.63) is 52.6 Å². The van der Waals surface area contributed by atoms with E-state index >= 15 is 0 Å². The minimum atomic E-state index is -3.94. The highest BCUT2D eigenvalue weighted by molar-refractivity contribution is 7.89. The molecule has 1 atom stereocenters. The van der Waals surface area contributed by atoms with Crippen LogP contribution in [-0.2, 0) is 24.3 Å². The van der Waals surface area contributed by atoms with Crippen LogP contribution in [0, 0.1) is 5.92 Å². The molecule has 0 aliphatic carbocycles. The molecule has 2 aromatic rings. The van der Waals surface area contributed by atoms with Gasteiger partial charge in [0.05, 0.1) is 14.9 Å². The van der Waals surface area contributed by atoms with Crippen LogP contribution in [0.25, 0.3) is 0 Å². The highest BCUT2D eigenvalue weighted by Crippen LogP contribution is 2.22. The molecule has 2 rings (SSSR count). The molecule has 0 bridgehead atoms. The van der Waals surface area contributed by atoms with Crippen LogP contribution in [0.5, 0.6) is 0 Å². The lowest BCUT2D eigenvalue weighted by Crippen LogP contribution is -2.45. The Morgan fingerprint density at radius 3 is 2.41 bits per heavy atom. The van der Waals surface area contributed by atoms with Gasteiger partial charge in [-0.05, 0) is 24.1 Å². The van der Waals surface area contributed by atoms with Gasteiger partial charge in [-0.3, -0.25) is 9.59 Å². The quantitative estimate of drug-likeness (QED) is 0.586. The first kappa shape index (κ1) is 23.1. The number of hydrogen-bond acceptors (Lipinski definition) is 6. The number of ether oxygens (including phenoxy) is 1. The molecule has 1 aromatic heterocycles. The van der Waals surface area contributed by atoms with Crippen molar-refractivity contribution >= 4 is 50.9 Å². The number of nitrogens with one attached hydrogen (secondary N) is 2. The van der Waals surface area contributed by atoms with Gasteiger partial charge >= 0.3 is 5.97 Å². The van der Waals surface area contributed by atoms with Crippen molar-refractivity contribution in [2.24, 2.45) is 5.92 Å². The van der Waals surface area contributed by atoms with Crippen molar-refractivity contribution < 1.29 is 22.7 Å². The first-order chi connectivity index (χ1) is 13.6. The highest BCUT2D eigenvalue weighted by atomic mass is 35.5. The normalized spacial score (nSPS) is 12.4. The molecule has 11 heteroatoms. The summed E-state index contributed by atoms with van der Waals surface area (Å²) in [4.78, 5) is 28.2. The largest absolute Gasteiger partial charge is 0.454 e. The smallest absolute Gasteiger partial charge is 0.324 e. The number of rotatable bonds is 8. The summed E-state index contributed by atoms with van der Waals surface area (Å²) in [7, 11) is -3.94. The van der Waals surface area contributed by atoms with Gasteiger partial charge in [-0.25, -0.2) is 13.4 Å². The Kier molecular flexibility index (Phi) is 7.97. The lowest BCUT2D eigenvalue weighted by Gasteiger charge is -2.20. The van der Waals surface area contributed by atoms with E-state index in [4.69, 9.17) is 27.9 Å². The van der Waals surface area contributed by atoms with E-state index in [0.717, 1.165) is 0 Å². The van der Waals surface area contributed by atoms with Gasteiger partial charge < -0.3 is 10.1 Å². The van der Waals surface area contributed by atoms with Gasteiger partial charge in [0, 0.05) is 6.20 Å². The first-order valence-corrected chi connectivity index (χ1v) is 10.7. The molecule has 156 valence electrons. The monoisotopic (exact) mass is 459 g/mol. The zero-order valence-corrected chi connectivity index (χ0v) is 17.9. The standard InChI is InChI=1S/C18H19Cl2N3O5S/c1-11(2)16(23-29(26,27)13-6-4-3-5-7-13)18(25)28-10-15(24)22-17-14(20)8-12(19)9-21-17/h3-9,11,16,23H,10H2,1-2H3,(H,21,22,24). The summed E-state index contributed by atoms with van der Waals surface area (Å²) >= 11 is 11.6.